The van der Waals surface area contributed by atoms with E-state index in [-0.39, 0.29) is 11.3 Å². The minimum atomic E-state index is -2.90. The first-order valence-electron chi connectivity index (χ1n) is 6.89. The van der Waals surface area contributed by atoms with Crippen molar-refractivity contribution in [3.05, 3.63) is 45.2 Å². The molecule has 0 spiro atoms. The van der Waals surface area contributed by atoms with Crippen molar-refractivity contribution < 1.29 is 18.3 Å². The van der Waals surface area contributed by atoms with Crippen LogP contribution < -0.4 is 15.0 Å². The lowest BCUT2D eigenvalue weighted by Gasteiger charge is -2.09. The molecule has 0 fully saturated rings. The zero-order chi connectivity index (χ0) is 17.3. The minimum Gasteiger partial charge on any atom is -0.470 e. The fourth-order valence-corrected chi connectivity index (χ4v) is 3.60. The lowest BCUT2D eigenvalue weighted by atomic mass is 10.3. The number of halogens is 3. The van der Waals surface area contributed by atoms with E-state index >= 15 is 0 Å². The number of ether oxygens (including phenoxy) is 2. The van der Waals surface area contributed by atoms with Crippen LogP contribution >= 0.6 is 27.3 Å². The number of fused-ring (bicyclic) bond motifs is 1. The SMILES string of the molecule is CCOc1nc2c(cc(Br)c(=O)n2-c2ccc(OC(F)F)cc2)s1. The Morgan fingerprint density at radius 1 is 1.33 bits per heavy atom. The highest BCUT2D eigenvalue weighted by Crippen LogP contribution is 2.30. The average Bonchev–Trinajstić information content (AvgIpc) is 2.91. The Hall–Kier alpha value is -2.00. The molecule has 0 saturated carbocycles. The molecule has 2 heterocycles. The summed E-state index contributed by atoms with van der Waals surface area (Å²) in [5.41, 5.74) is 0.624. The van der Waals surface area contributed by atoms with Gasteiger partial charge in [0.15, 0.2) is 5.65 Å². The minimum absolute atomic E-state index is 0.0151. The molecule has 0 aliphatic carbocycles. The molecule has 3 rings (SSSR count). The third-order valence-corrected chi connectivity index (χ3v) is 4.55. The number of pyridine rings is 1. The van der Waals surface area contributed by atoms with Crippen molar-refractivity contribution in [2.24, 2.45) is 0 Å². The van der Waals surface area contributed by atoms with Gasteiger partial charge < -0.3 is 9.47 Å². The summed E-state index contributed by atoms with van der Waals surface area (Å²) in [4.78, 5) is 16.8. The van der Waals surface area contributed by atoms with Crippen LogP contribution in [0.25, 0.3) is 16.0 Å². The van der Waals surface area contributed by atoms with Crippen molar-refractivity contribution in [2.75, 3.05) is 6.61 Å². The number of thiazole rings is 1. The summed E-state index contributed by atoms with van der Waals surface area (Å²) in [7, 11) is 0. The van der Waals surface area contributed by atoms with E-state index in [1.165, 1.54) is 40.2 Å². The molecule has 0 unspecified atom stereocenters. The fourth-order valence-electron chi connectivity index (χ4n) is 2.14. The molecule has 9 heteroatoms. The van der Waals surface area contributed by atoms with Crippen LogP contribution in [0.2, 0.25) is 0 Å². The summed E-state index contributed by atoms with van der Waals surface area (Å²) in [6, 6.07) is 7.46. The smallest absolute Gasteiger partial charge is 0.387 e. The fraction of sp³-hybridized carbons (Fsp3) is 0.200. The molecule has 0 saturated heterocycles. The number of alkyl halides is 2. The lowest BCUT2D eigenvalue weighted by Crippen LogP contribution is -2.19. The molecule has 2 aromatic heterocycles. The van der Waals surface area contributed by atoms with Gasteiger partial charge in [0.25, 0.3) is 10.8 Å². The van der Waals surface area contributed by atoms with Crippen LogP contribution in [0, 0.1) is 0 Å². The van der Waals surface area contributed by atoms with E-state index in [0.29, 0.717) is 27.6 Å². The Morgan fingerprint density at radius 3 is 2.67 bits per heavy atom. The zero-order valence-corrected chi connectivity index (χ0v) is 14.7. The highest BCUT2D eigenvalue weighted by molar-refractivity contribution is 9.10. The zero-order valence-electron chi connectivity index (χ0n) is 12.3. The topological polar surface area (TPSA) is 53.3 Å². The van der Waals surface area contributed by atoms with E-state index in [9.17, 15) is 13.6 Å². The molecule has 5 nitrogen and oxygen atoms in total. The van der Waals surface area contributed by atoms with E-state index in [0.717, 1.165) is 4.70 Å². The summed E-state index contributed by atoms with van der Waals surface area (Å²) in [5.74, 6) is 0.0151. The molecule has 126 valence electrons. The van der Waals surface area contributed by atoms with Crippen LogP contribution in [0.1, 0.15) is 6.92 Å². The molecule has 0 N–H and O–H groups in total. The number of hydrogen-bond acceptors (Lipinski definition) is 5. The van der Waals surface area contributed by atoms with Gasteiger partial charge in [0.2, 0.25) is 0 Å². The molecule has 0 aliphatic rings. The monoisotopic (exact) mass is 416 g/mol. The van der Waals surface area contributed by atoms with Crippen molar-refractivity contribution in [1.82, 2.24) is 9.55 Å². The molecule has 24 heavy (non-hydrogen) atoms. The Morgan fingerprint density at radius 2 is 2.04 bits per heavy atom. The van der Waals surface area contributed by atoms with Gasteiger partial charge in [-0.15, -0.1) is 0 Å². The summed E-state index contributed by atoms with van der Waals surface area (Å²) in [5, 5.41) is 0.455. The molecule has 0 radical (unpaired) electrons. The van der Waals surface area contributed by atoms with Gasteiger partial charge in [0.1, 0.15) is 5.75 Å². The van der Waals surface area contributed by atoms with E-state index in [1.807, 2.05) is 6.92 Å². The van der Waals surface area contributed by atoms with E-state index in [2.05, 4.69) is 25.7 Å². The largest absolute Gasteiger partial charge is 0.470 e. The lowest BCUT2D eigenvalue weighted by molar-refractivity contribution is -0.0498. The Bertz CT molecular complexity index is 925. The van der Waals surface area contributed by atoms with Gasteiger partial charge in [-0.2, -0.15) is 13.8 Å². The molecule has 0 bridgehead atoms. The van der Waals surface area contributed by atoms with Crippen LogP contribution in [0.4, 0.5) is 8.78 Å². The Balaban J connectivity index is 2.13. The summed E-state index contributed by atoms with van der Waals surface area (Å²) < 4.78 is 36.7. The van der Waals surface area contributed by atoms with Crippen molar-refractivity contribution in [3.63, 3.8) is 0 Å². The average molecular weight is 417 g/mol. The van der Waals surface area contributed by atoms with Crippen LogP contribution in [0.3, 0.4) is 0 Å². The third kappa shape index (κ3) is 3.27. The second-order valence-electron chi connectivity index (χ2n) is 4.61. The molecule has 0 amide bonds. The first kappa shape index (κ1) is 16.8. The molecule has 0 aliphatic heterocycles. The molecule has 3 aromatic rings. The highest BCUT2D eigenvalue weighted by Gasteiger charge is 2.15. The van der Waals surface area contributed by atoms with Gasteiger partial charge in [-0.1, -0.05) is 11.3 Å². The first-order chi connectivity index (χ1) is 11.5. The standard InChI is InChI=1S/C15H11BrF2N2O3S/c1-2-22-15-19-12-11(24-15)7-10(16)13(21)20(12)8-3-5-9(6-4-8)23-14(17)18/h3-7,14H,2H2,1H3. The van der Waals surface area contributed by atoms with Crippen molar-refractivity contribution in [3.8, 4) is 16.6 Å². The number of aromatic nitrogens is 2. The van der Waals surface area contributed by atoms with Crippen LogP contribution in [-0.4, -0.2) is 22.8 Å². The van der Waals surface area contributed by atoms with E-state index in [4.69, 9.17) is 4.74 Å². The first-order valence-corrected chi connectivity index (χ1v) is 8.50. The van der Waals surface area contributed by atoms with Crippen molar-refractivity contribution in [1.29, 1.82) is 0 Å². The van der Waals surface area contributed by atoms with Crippen molar-refractivity contribution in [2.45, 2.75) is 13.5 Å². The second-order valence-corrected chi connectivity index (χ2v) is 6.45. The third-order valence-electron chi connectivity index (χ3n) is 3.08. The molecular weight excluding hydrogens is 406 g/mol. The summed E-state index contributed by atoms with van der Waals surface area (Å²) >= 11 is 4.56. The maximum Gasteiger partial charge on any atom is 0.387 e. The van der Waals surface area contributed by atoms with E-state index in [1.54, 1.807) is 6.07 Å². The van der Waals surface area contributed by atoms with Gasteiger partial charge in [-0.05, 0) is 53.2 Å². The predicted molar refractivity (Wildman–Crippen MR) is 90.7 cm³/mol. The Labute approximate surface area is 147 Å². The normalized spacial score (nSPS) is 11.2. The second kappa shape index (κ2) is 6.86. The van der Waals surface area contributed by atoms with Gasteiger partial charge in [-0.3, -0.25) is 9.36 Å². The van der Waals surface area contributed by atoms with Crippen LogP contribution in [0.5, 0.6) is 10.9 Å². The maximum absolute atomic E-state index is 12.5. The summed E-state index contributed by atoms with van der Waals surface area (Å²) in [6.07, 6.45) is 0. The van der Waals surface area contributed by atoms with Gasteiger partial charge in [-0.25, -0.2) is 0 Å². The van der Waals surface area contributed by atoms with Crippen LogP contribution in [0.15, 0.2) is 39.6 Å². The van der Waals surface area contributed by atoms with E-state index < -0.39 is 6.61 Å². The highest BCUT2D eigenvalue weighted by atomic mass is 79.9. The quantitative estimate of drug-likeness (QED) is 0.624. The number of nitrogens with zero attached hydrogens (tertiary/aromatic N) is 2. The van der Waals surface area contributed by atoms with Gasteiger partial charge in [0.05, 0.1) is 21.5 Å². The maximum atomic E-state index is 12.5. The number of rotatable bonds is 5. The molecule has 1 aromatic carbocycles. The van der Waals surface area contributed by atoms with Gasteiger partial charge >= 0.3 is 6.61 Å². The summed E-state index contributed by atoms with van der Waals surface area (Å²) in [6.45, 7) is -0.592. The van der Waals surface area contributed by atoms with Crippen molar-refractivity contribution >= 4 is 37.6 Å². The molecule has 0 atom stereocenters. The number of hydrogen-bond donors (Lipinski definition) is 0. The molecular formula is C15H11BrF2N2O3S. The van der Waals surface area contributed by atoms with Gasteiger partial charge in [0, 0.05) is 0 Å². The Kier molecular flexibility index (Phi) is 4.81. The van der Waals surface area contributed by atoms with Crippen LogP contribution in [-0.2, 0) is 0 Å². The number of benzene rings is 1. The predicted octanol–water partition coefficient (Wildman–Crippen LogP) is 4.21.